The molecule has 0 atom stereocenters. The zero-order valence-corrected chi connectivity index (χ0v) is 19.6. The molecule has 1 N–H and O–H groups in total. The minimum Gasteiger partial charge on any atom is -0.314 e. The van der Waals surface area contributed by atoms with Crippen LogP contribution in [0.3, 0.4) is 0 Å². The number of halogens is 1. The topological polar surface area (TPSA) is 76.9 Å². The molecule has 0 saturated heterocycles. The van der Waals surface area contributed by atoms with Gasteiger partial charge in [-0.2, -0.15) is 0 Å². The lowest BCUT2D eigenvalue weighted by atomic mass is 9.87. The van der Waals surface area contributed by atoms with E-state index in [1.54, 1.807) is 30.3 Å². The number of aromatic nitrogens is 3. The van der Waals surface area contributed by atoms with E-state index < -0.39 is 10.0 Å². The summed E-state index contributed by atoms with van der Waals surface area (Å²) in [6.07, 6.45) is 0. The summed E-state index contributed by atoms with van der Waals surface area (Å²) in [6, 6.07) is 11.9. The molecule has 3 rings (SSSR count). The molecule has 0 spiro atoms. The SMILES string of the molecule is CC(C)c1nnc(-c2cc(Cl)ccc2NS(=O)(=O)c2ccc(C(C)(C)C)cc2)n1C. The van der Waals surface area contributed by atoms with Crippen LogP contribution in [0, 0.1) is 0 Å². The maximum absolute atomic E-state index is 13.0. The number of sulfonamides is 1. The molecule has 0 bridgehead atoms. The van der Waals surface area contributed by atoms with Crippen LogP contribution in [-0.4, -0.2) is 23.2 Å². The number of rotatable bonds is 5. The van der Waals surface area contributed by atoms with Gasteiger partial charge in [0.2, 0.25) is 0 Å². The predicted octanol–water partition coefficient (Wildman–Crippen LogP) is 5.36. The molecule has 0 aliphatic rings. The van der Waals surface area contributed by atoms with Gasteiger partial charge >= 0.3 is 0 Å². The summed E-state index contributed by atoms with van der Waals surface area (Å²) in [4.78, 5) is 0.192. The zero-order valence-electron chi connectivity index (χ0n) is 18.1. The van der Waals surface area contributed by atoms with Crippen molar-refractivity contribution in [1.82, 2.24) is 14.8 Å². The molecule has 3 aromatic rings. The second-order valence-corrected chi connectivity index (χ2v) is 10.8. The molecule has 0 radical (unpaired) electrons. The molecular weight excluding hydrogens is 420 g/mol. The van der Waals surface area contributed by atoms with Crippen molar-refractivity contribution in [3.8, 4) is 11.4 Å². The molecule has 0 aliphatic heterocycles. The molecule has 1 heterocycles. The lowest BCUT2D eigenvalue weighted by Gasteiger charge is -2.19. The van der Waals surface area contributed by atoms with Crippen molar-refractivity contribution in [3.63, 3.8) is 0 Å². The normalized spacial score (nSPS) is 12.4. The minimum absolute atomic E-state index is 0.0571. The van der Waals surface area contributed by atoms with Crippen LogP contribution in [-0.2, 0) is 22.5 Å². The second kappa shape index (κ2) is 8.04. The van der Waals surface area contributed by atoms with Crippen LogP contribution in [0.2, 0.25) is 5.02 Å². The first kappa shape index (κ1) is 22.3. The van der Waals surface area contributed by atoms with Gasteiger partial charge in [-0.15, -0.1) is 10.2 Å². The van der Waals surface area contributed by atoms with Gasteiger partial charge in [-0.1, -0.05) is 58.4 Å². The maximum atomic E-state index is 13.0. The van der Waals surface area contributed by atoms with Gasteiger partial charge in [0, 0.05) is 23.6 Å². The summed E-state index contributed by atoms with van der Waals surface area (Å²) >= 11 is 6.20. The van der Waals surface area contributed by atoms with E-state index in [2.05, 4.69) is 35.7 Å². The Balaban J connectivity index is 2.01. The highest BCUT2D eigenvalue weighted by Gasteiger charge is 2.22. The Morgan fingerprint density at radius 2 is 1.67 bits per heavy atom. The Bertz CT molecular complexity index is 1160. The van der Waals surface area contributed by atoms with E-state index in [1.807, 2.05) is 37.6 Å². The Kier molecular flexibility index (Phi) is 5.98. The van der Waals surface area contributed by atoms with Crippen molar-refractivity contribution in [2.24, 2.45) is 7.05 Å². The highest BCUT2D eigenvalue weighted by atomic mass is 35.5. The maximum Gasteiger partial charge on any atom is 0.261 e. The van der Waals surface area contributed by atoms with Crippen LogP contribution in [0.4, 0.5) is 5.69 Å². The third kappa shape index (κ3) is 4.52. The summed E-state index contributed by atoms with van der Waals surface area (Å²) in [5, 5.41) is 9.00. The number of hydrogen-bond donors (Lipinski definition) is 1. The Morgan fingerprint density at radius 1 is 1.03 bits per heavy atom. The Morgan fingerprint density at radius 3 is 2.20 bits per heavy atom. The first-order valence-corrected chi connectivity index (χ1v) is 11.6. The summed E-state index contributed by atoms with van der Waals surface area (Å²) < 4.78 is 30.6. The van der Waals surface area contributed by atoms with E-state index in [4.69, 9.17) is 11.6 Å². The van der Waals surface area contributed by atoms with Crippen LogP contribution < -0.4 is 4.72 Å². The summed E-state index contributed by atoms with van der Waals surface area (Å²) in [6.45, 7) is 10.3. The van der Waals surface area contributed by atoms with Gasteiger partial charge in [0.05, 0.1) is 10.6 Å². The molecule has 0 aliphatic carbocycles. The fraction of sp³-hybridized carbons (Fsp3) is 0.364. The predicted molar refractivity (Wildman–Crippen MR) is 121 cm³/mol. The molecule has 0 fully saturated rings. The number of nitrogens with zero attached hydrogens (tertiary/aromatic N) is 3. The Hall–Kier alpha value is -2.38. The molecular formula is C22H27ClN4O2S. The van der Waals surface area contributed by atoms with Crippen molar-refractivity contribution in [1.29, 1.82) is 0 Å². The van der Waals surface area contributed by atoms with Crippen molar-refractivity contribution < 1.29 is 8.42 Å². The number of nitrogens with one attached hydrogen (secondary N) is 1. The molecule has 6 nitrogen and oxygen atoms in total. The standard InChI is InChI=1S/C22H27ClN4O2S/c1-14(2)20-24-25-21(27(20)6)18-13-16(23)9-12-19(18)26-30(28,29)17-10-7-15(8-11-17)22(3,4)5/h7-14,26H,1-6H3. The van der Waals surface area contributed by atoms with Crippen LogP contribution in [0.1, 0.15) is 51.9 Å². The fourth-order valence-electron chi connectivity index (χ4n) is 3.21. The molecule has 30 heavy (non-hydrogen) atoms. The smallest absolute Gasteiger partial charge is 0.261 e. The van der Waals surface area contributed by atoms with Gasteiger partial charge in [0.25, 0.3) is 10.0 Å². The van der Waals surface area contributed by atoms with Crippen LogP contribution in [0.15, 0.2) is 47.4 Å². The molecule has 0 unspecified atom stereocenters. The highest BCUT2D eigenvalue weighted by molar-refractivity contribution is 7.92. The number of anilines is 1. The third-order valence-electron chi connectivity index (χ3n) is 4.92. The van der Waals surface area contributed by atoms with Crippen LogP contribution in [0.25, 0.3) is 11.4 Å². The quantitative estimate of drug-likeness (QED) is 0.572. The monoisotopic (exact) mass is 446 g/mol. The first-order valence-electron chi connectivity index (χ1n) is 9.72. The van der Waals surface area contributed by atoms with Crippen molar-refractivity contribution in [2.45, 2.75) is 50.8 Å². The van der Waals surface area contributed by atoms with E-state index in [0.29, 0.717) is 22.1 Å². The summed E-state index contributed by atoms with van der Waals surface area (Å²) in [7, 11) is -1.94. The van der Waals surface area contributed by atoms with Crippen LogP contribution in [0.5, 0.6) is 0 Å². The summed E-state index contributed by atoms with van der Waals surface area (Å²) in [5.74, 6) is 1.52. The Labute approximate surface area is 183 Å². The van der Waals surface area contributed by atoms with Gasteiger partial charge in [-0.3, -0.25) is 4.72 Å². The van der Waals surface area contributed by atoms with Gasteiger partial charge in [-0.25, -0.2) is 8.42 Å². The average Bonchev–Trinajstić information content (AvgIpc) is 3.04. The van der Waals surface area contributed by atoms with Crippen LogP contribution >= 0.6 is 11.6 Å². The minimum atomic E-state index is -3.79. The average molecular weight is 447 g/mol. The van der Waals surface area contributed by atoms with Crippen molar-refractivity contribution >= 4 is 27.3 Å². The number of hydrogen-bond acceptors (Lipinski definition) is 4. The van der Waals surface area contributed by atoms with E-state index >= 15 is 0 Å². The molecule has 0 saturated carbocycles. The van der Waals surface area contributed by atoms with E-state index in [0.717, 1.165) is 11.4 Å². The van der Waals surface area contributed by atoms with Crippen molar-refractivity contribution in [2.75, 3.05) is 4.72 Å². The fourth-order valence-corrected chi connectivity index (χ4v) is 4.46. The number of benzene rings is 2. The summed E-state index contributed by atoms with van der Waals surface area (Å²) in [5.41, 5.74) is 1.97. The third-order valence-corrected chi connectivity index (χ3v) is 6.54. The molecule has 1 aromatic heterocycles. The van der Waals surface area contributed by atoms with Crippen molar-refractivity contribution in [3.05, 3.63) is 58.9 Å². The lowest BCUT2D eigenvalue weighted by molar-refractivity contribution is 0.587. The van der Waals surface area contributed by atoms with E-state index in [-0.39, 0.29) is 16.2 Å². The van der Waals surface area contributed by atoms with E-state index in [1.165, 1.54) is 0 Å². The van der Waals surface area contributed by atoms with Gasteiger partial charge in [0.15, 0.2) is 5.82 Å². The highest BCUT2D eigenvalue weighted by Crippen LogP contribution is 2.32. The molecule has 160 valence electrons. The lowest BCUT2D eigenvalue weighted by Crippen LogP contribution is -2.15. The van der Waals surface area contributed by atoms with E-state index in [9.17, 15) is 8.42 Å². The van der Waals surface area contributed by atoms with Gasteiger partial charge in [0.1, 0.15) is 5.82 Å². The molecule has 8 heteroatoms. The van der Waals surface area contributed by atoms with Gasteiger partial charge < -0.3 is 4.57 Å². The molecule has 0 amide bonds. The largest absolute Gasteiger partial charge is 0.314 e. The second-order valence-electron chi connectivity index (χ2n) is 8.67. The zero-order chi connectivity index (χ0) is 22.3. The first-order chi connectivity index (χ1) is 13.9. The molecule has 2 aromatic carbocycles. The van der Waals surface area contributed by atoms with Gasteiger partial charge in [-0.05, 0) is 41.3 Å².